The van der Waals surface area contributed by atoms with Gasteiger partial charge in [-0.05, 0) is 31.5 Å². The molecule has 12 heavy (non-hydrogen) atoms. The van der Waals surface area contributed by atoms with Crippen LogP contribution in [0, 0.1) is 0 Å². The zero-order valence-corrected chi connectivity index (χ0v) is 7.24. The third-order valence-electron chi connectivity index (χ3n) is 1.67. The van der Waals surface area contributed by atoms with Crippen LogP contribution < -0.4 is 5.43 Å². The molecular weight excluding hydrogens is 152 g/mol. The summed E-state index contributed by atoms with van der Waals surface area (Å²) in [5.41, 5.74) is -0.194. The van der Waals surface area contributed by atoms with E-state index >= 15 is 0 Å². The lowest BCUT2D eigenvalue weighted by Gasteiger charge is -2.15. The van der Waals surface area contributed by atoms with Gasteiger partial charge in [0, 0.05) is 0 Å². The van der Waals surface area contributed by atoms with Crippen LogP contribution in [0.2, 0.25) is 0 Å². The predicted octanol–water partition coefficient (Wildman–Crippen LogP) is 1.27. The summed E-state index contributed by atoms with van der Waals surface area (Å²) in [7, 11) is 0. The second-order valence-electron chi connectivity index (χ2n) is 3.28. The van der Waals surface area contributed by atoms with Crippen molar-refractivity contribution in [2.75, 3.05) is 0 Å². The molecule has 0 saturated carbocycles. The first-order valence-corrected chi connectivity index (χ1v) is 3.83. The van der Waals surface area contributed by atoms with E-state index in [1.54, 1.807) is 32.0 Å². The largest absolute Gasteiger partial charge is 0.386 e. The molecule has 0 fully saturated rings. The lowest BCUT2D eigenvalue weighted by Crippen LogP contribution is -2.14. The average Bonchev–Trinajstić information content (AvgIpc) is 2.11. The minimum Gasteiger partial charge on any atom is -0.386 e. The van der Waals surface area contributed by atoms with Crippen LogP contribution in [0.15, 0.2) is 35.1 Å². The highest BCUT2D eigenvalue weighted by atomic mass is 16.3. The van der Waals surface area contributed by atoms with Gasteiger partial charge in [0.05, 0.1) is 5.60 Å². The van der Waals surface area contributed by atoms with Gasteiger partial charge >= 0.3 is 0 Å². The standard InChI is InChI=1S/C10H12O2/c1-10(2,12)8-4-3-5-9(11)7-6-8/h3-7,12H,1-2H3. The second-order valence-corrected chi connectivity index (χ2v) is 3.28. The fourth-order valence-corrected chi connectivity index (χ4v) is 0.938. The molecule has 0 amide bonds. The normalized spacial score (nSPS) is 11.2. The van der Waals surface area contributed by atoms with Gasteiger partial charge in [0.2, 0.25) is 0 Å². The smallest absolute Gasteiger partial charge is 0.178 e. The Kier molecular flexibility index (Phi) is 2.29. The van der Waals surface area contributed by atoms with E-state index in [1.807, 2.05) is 0 Å². The Morgan fingerprint density at radius 1 is 1.17 bits per heavy atom. The summed E-state index contributed by atoms with van der Waals surface area (Å²) in [6.45, 7) is 3.37. The van der Waals surface area contributed by atoms with Gasteiger partial charge in [-0.25, -0.2) is 0 Å². The van der Waals surface area contributed by atoms with Crippen LogP contribution in [0.4, 0.5) is 0 Å². The van der Waals surface area contributed by atoms with Crippen molar-refractivity contribution in [3.05, 3.63) is 46.1 Å². The Labute approximate surface area is 71.5 Å². The fraction of sp³-hybridized carbons (Fsp3) is 0.300. The van der Waals surface area contributed by atoms with Crippen molar-refractivity contribution < 1.29 is 5.11 Å². The topological polar surface area (TPSA) is 37.3 Å². The minimum absolute atomic E-state index is 0.0505. The first-order valence-electron chi connectivity index (χ1n) is 3.83. The number of aliphatic hydroxyl groups is 1. The summed E-state index contributed by atoms with van der Waals surface area (Å²) >= 11 is 0. The molecule has 0 aliphatic heterocycles. The molecule has 1 aromatic carbocycles. The van der Waals surface area contributed by atoms with Crippen LogP contribution in [-0.4, -0.2) is 5.11 Å². The van der Waals surface area contributed by atoms with Gasteiger partial charge in [0.25, 0.3) is 0 Å². The zero-order valence-electron chi connectivity index (χ0n) is 7.24. The molecule has 0 aliphatic rings. The van der Waals surface area contributed by atoms with Crippen molar-refractivity contribution in [1.29, 1.82) is 0 Å². The molecule has 1 N–H and O–H groups in total. The summed E-state index contributed by atoms with van der Waals surface area (Å²) in [5.74, 6) is 0. The maximum Gasteiger partial charge on any atom is 0.178 e. The number of hydrogen-bond acceptors (Lipinski definition) is 2. The van der Waals surface area contributed by atoms with Gasteiger partial charge in [-0.1, -0.05) is 18.2 Å². The van der Waals surface area contributed by atoms with Gasteiger partial charge in [-0.2, -0.15) is 0 Å². The molecule has 0 aromatic heterocycles. The van der Waals surface area contributed by atoms with Crippen LogP contribution in [0.3, 0.4) is 0 Å². The van der Waals surface area contributed by atoms with E-state index in [0.717, 1.165) is 5.56 Å². The Morgan fingerprint density at radius 2 is 1.83 bits per heavy atom. The third kappa shape index (κ3) is 2.17. The molecule has 0 spiro atoms. The maximum atomic E-state index is 10.9. The fourth-order valence-electron chi connectivity index (χ4n) is 0.938. The van der Waals surface area contributed by atoms with E-state index in [2.05, 4.69) is 0 Å². The SMILES string of the molecule is CC(C)(O)c1cccc(=O)cc1. The van der Waals surface area contributed by atoms with Crippen molar-refractivity contribution in [3.8, 4) is 0 Å². The van der Waals surface area contributed by atoms with Crippen LogP contribution in [-0.2, 0) is 5.60 Å². The summed E-state index contributed by atoms with van der Waals surface area (Å²) < 4.78 is 0. The van der Waals surface area contributed by atoms with Crippen molar-refractivity contribution in [2.45, 2.75) is 19.4 Å². The Hall–Kier alpha value is -1.15. The molecule has 0 bridgehead atoms. The van der Waals surface area contributed by atoms with Gasteiger partial charge in [0.1, 0.15) is 0 Å². The van der Waals surface area contributed by atoms with Gasteiger partial charge in [-0.3, -0.25) is 4.79 Å². The van der Waals surface area contributed by atoms with E-state index in [9.17, 15) is 9.90 Å². The van der Waals surface area contributed by atoms with Crippen LogP contribution in [0.1, 0.15) is 19.4 Å². The van der Waals surface area contributed by atoms with E-state index in [0.29, 0.717) is 0 Å². The maximum absolute atomic E-state index is 10.9. The monoisotopic (exact) mass is 164 g/mol. The lowest BCUT2D eigenvalue weighted by molar-refractivity contribution is 0.0787. The molecule has 0 heterocycles. The Bertz CT molecular complexity index is 323. The molecule has 1 rings (SSSR count). The van der Waals surface area contributed by atoms with E-state index in [1.165, 1.54) is 12.1 Å². The highest BCUT2D eigenvalue weighted by molar-refractivity contribution is 5.19. The van der Waals surface area contributed by atoms with Gasteiger partial charge < -0.3 is 5.11 Å². The second kappa shape index (κ2) is 3.07. The molecule has 0 aliphatic carbocycles. The molecule has 2 heteroatoms. The highest BCUT2D eigenvalue weighted by Gasteiger charge is 2.13. The Morgan fingerprint density at radius 3 is 2.42 bits per heavy atom. The molecule has 1 aromatic rings. The Balaban J connectivity index is 3.23. The van der Waals surface area contributed by atoms with E-state index in [-0.39, 0.29) is 5.43 Å². The predicted molar refractivity (Wildman–Crippen MR) is 48.0 cm³/mol. The average molecular weight is 164 g/mol. The van der Waals surface area contributed by atoms with E-state index < -0.39 is 5.60 Å². The first kappa shape index (κ1) is 8.94. The highest BCUT2D eigenvalue weighted by Crippen LogP contribution is 2.16. The summed E-state index contributed by atoms with van der Waals surface area (Å²) in [6, 6.07) is 7.95. The van der Waals surface area contributed by atoms with Crippen LogP contribution in [0.25, 0.3) is 0 Å². The number of rotatable bonds is 1. The van der Waals surface area contributed by atoms with E-state index in [4.69, 9.17) is 0 Å². The molecule has 64 valence electrons. The number of hydrogen-bond donors (Lipinski definition) is 1. The quantitative estimate of drug-likeness (QED) is 0.678. The zero-order chi connectivity index (χ0) is 9.19. The van der Waals surface area contributed by atoms with Gasteiger partial charge in [-0.15, -0.1) is 0 Å². The molecular formula is C10H12O2. The molecule has 0 radical (unpaired) electrons. The third-order valence-corrected chi connectivity index (χ3v) is 1.67. The van der Waals surface area contributed by atoms with Crippen molar-refractivity contribution >= 4 is 0 Å². The van der Waals surface area contributed by atoms with Crippen molar-refractivity contribution in [1.82, 2.24) is 0 Å². The van der Waals surface area contributed by atoms with Crippen LogP contribution in [0.5, 0.6) is 0 Å². The minimum atomic E-state index is -0.883. The summed E-state index contributed by atoms with van der Waals surface area (Å²) in [6.07, 6.45) is 0. The van der Waals surface area contributed by atoms with Gasteiger partial charge in [0.15, 0.2) is 5.43 Å². The first-order chi connectivity index (χ1) is 5.50. The van der Waals surface area contributed by atoms with Crippen molar-refractivity contribution in [3.63, 3.8) is 0 Å². The lowest BCUT2D eigenvalue weighted by atomic mass is 10.0. The summed E-state index contributed by atoms with van der Waals surface area (Å²) in [4.78, 5) is 10.9. The van der Waals surface area contributed by atoms with Crippen molar-refractivity contribution in [2.24, 2.45) is 0 Å². The molecule has 0 atom stereocenters. The molecule has 0 saturated heterocycles. The molecule has 0 unspecified atom stereocenters. The van der Waals surface area contributed by atoms with Crippen LogP contribution >= 0.6 is 0 Å². The summed E-state index contributed by atoms with van der Waals surface area (Å²) in [5, 5.41) is 9.59. The molecule has 2 nitrogen and oxygen atoms in total.